The zero-order valence-corrected chi connectivity index (χ0v) is 7.43. The van der Waals surface area contributed by atoms with E-state index in [1.165, 1.54) is 37.1 Å². The predicted molar refractivity (Wildman–Crippen MR) is 37.7 cm³/mol. The third kappa shape index (κ3) is 2.25. The lowest BCUT2D eigenvalue weighted by molar-refractivity contribution is 0.460. The van der Waals surface area contributed by atoms with Gasteiger partial charge < -0.3 is 0 Å². The maximum atomic E-state index is 10.4. The van der Waals surface area contributed by atoms with Crippen LogP contribution in [0.1, 0.15) is 0 Å². The quantitative estimate of drug-likeness (QED) is 0.657. The first-order chi connectivity index (χ1) is 3.50. The highest BCUT2D eigenvalue weighted by Gasteiger charge is 2.10. The molecule has 0 heterocycles. The molecule has 0 aromatic carbocycles. The molecule has 4 nitrogen and oxygen atoms in total. The van der Waals surface area contributed by atoms with E-state index in [9.17, 15) is 8.42 Å². The van der Waals surface area contributed by atoms with Crippen molar-refractivity contribution in [2.45, 2.75) is 0 Å². The van der Waals surface area contributed by atoms with Crippen molar-refractivity contribution in [3.05, 3.63) is 0 Å². The minimum absolute atomic E-state index is 0.986. The van der Waals surface area contributed by atoms with Crippen molar-refractivity contribution in [2.75, 3.05) is 14.1 Å². The second kappa shape index (κ2) is 2.95. The Hall–Kier alpha value is 0.600. The monoisotopic (exact) mass is 251 g/mol. The molecule has 50 valence electrons. The van der Waals surface area contributed by atoms with Gasteiger partial charge in [-0.05, 0) is 0 Å². The molecular weight excluding hydrogens is 245 g/mol. The van der Waals surface area contributed by atoms with Crippen molar-refractivity contribution in [3.63, 3.8) is 0 Å². The average Bonchev–Trinajstić information content (AvgIpc) is 1.67. The second-order valence-corrected chi connectivity index (χ2v) is 4.09. The fourth-order valence-corrected chi connectivity index (χ4v) is 1.13. The number of hydrogen-bond acceptors (Lipinski definition) is 3. The van der Waals surface area contributed by atoms with Gasteiger partial charge in [0, 0.05) is 14.1 Å². The van der Waals surface area contributed by atoms with Gasteiger partial charge in [0.05, 0.1) is 0 Å². The van der Waals surface area contributed by atoms with E-state index in [1.807, 2.05) is 0 Å². The Morgan fingerprint density at radius 1 is 1.50 bits per heavy atom. The molecule has 0 amide bonds. The summed E-state index contributed by atoms with van der Waals surface area (Å²) in [7, 11) is -0.622. The summed E-state index contributed by atoms with van der Waals surface area (Å²) < 4.78 is 25.8. The van der Waals surface area contributed by atoms with Gasteiger partial charge in [-0.25, -0.2) is 0 Å². The first-order valence-electron chi connectivity index (χ1n) is 1.73. The fourth-order valence-electron chi connectivity index (χ4n) is 0.0563. The van der Waals surface area contributed by atoms with Crippen LogP contribution in [0.15, 0.2) is 0 Å². The molecule has 0 spiro atoms. The van der Waals surface area contributed by atoms with E-state index in [2.05, 4.69) is 2.51 Å². The highest BCUT2D eigenvalue weighted by atomic mass is 127. The van der Waals surface area contributed by atoms with Crippen molar-refractivity contribution < 1.29 is 10.9 Å². The molecule has 0 N–H and O–H groups in total. The Bertz CT molecular complexity index is 151. The van der Waals surface area contributed by atoms with E-state index < -0.39 is 10.3 Å². The summed E-state index contributed by atoms with van der Waals surface area (Å²) in [4.78, 5) is 0. The SMILES string of the molecule is CN(C)S(=O)(=O)OI. The molecule has 0 aliphatic heterocycles. The van der Waals surface area contributed by atoms with Crippen LogP contribution in [0, 0.1) is 0 Å². The summed E-state index contributed by atoms with van der Waals surface area (Å²) in [6.07, 6.45) is 0. The third-order valence-corrected chi connectivity index (χ3v) is 2.94. The molecule has 6 heteroatoms. The highest BCUT2D eigenvalue weighted by molar-refractivity contribution is 14.1. The maximum absolute atomic E-state index is 10.4. The Labute approximate surface area is 62.8 Å². The molecule has 0 aromatic heterocycles. The lowest BCUT2D eigenvalue weighted by atomic mass is 11.3. The van der Waals surface area contributed by atoms with Crippen LogP contribution in [0.2, 0.25) is 0 Å². The van der Waals surface area contributed by atoms with Crippen LogP contribution >= 0.6 is 23.0 Å². The third-order valence-electron chi connectivity index (χ3n) is 0.527. The van der Waals surface area contributed by atoms with Gasteiger partial charge in [-0.15, -0.1) is 0 Å². The minimum Gasteiger partial charge on any atom is -0.187 e. The number of nitrogens with zero attached hydrogens (tertiary/aromatic N) is 1. The molecule has 0 rings (SSSR count). The van der Waals surface area contributed by atoms with Crippen molar-refractivity contribution in [1.29, 1.82) is 0 Å². The normalized spacial score (nSPS) is 12.5. The smallest absolute Gasteiger partial charge is 0.187 e. The van der Waals surface area contributed by atoms with Gasteiger partial charge in [0.25, 0.3) is 0 Å². The van der Waals surface area contributed by atoms with Gasteiger partial charge in [-0.2, -0.15) is 15.2 Å². The summed E-state index contributed by atoms with van der Waals surface area (Å²) in [6.45, 7) is 0. The molecular formula is C2H6INO3S. The Kier molecular flexibility index (Phi) is 3.17. The Balaban J connectivity index is 4.17. The summed E-state index contributed by atoms with van der Waals surface area (Å²) in [5.74, 6) is 0. The van der Waals surface area contributed by atoms with Crippen LogP contribution in [0.3, 0.4) is 0 Å². The number of rotatable bonds is 2. The molecule has 0 atom stereocenters. The van der Waals surface area contributed by atoms with Gasteiger partial charge in [-0.3, -0.25) is 0 Å². The van der Waals surface area contributed by atoms with Crippen LogP contribution in [-0.2, 0) is 12.8 Å². The molecule has 0 saturated heterocycles. The molecule has 8 heavy (non-hydrogen) atoms. The van der Waals surface area contributed by atoms with Gasteiger partial charge >= 0.3 is 10.3 Å². The van der Waals surface area contributed by atoms with E-state index in [-0.39, 0.29) is 0 Å². The summed E-state index contributed by atoms with van der Waals surface area (Å²) in [5.41, 5.74) is 0. The topological polar surface area (TPSA) is 46.6 Å². The summed E-state index contributed by atoms with van der Waals surface area (Å²) in [6, 6.07) is 0. The summed E-state index contributed by atoms with van der Waals surface area (Å²) in [5, 5.41) is 0. The predicted octanol–water partition coefficient (Wildman–Crippen LogP) is 0.159. The largest absolute Gasteiger partial charge is 0.347 e. The standard InChI is InChI=1S/C2H6INO3S/c1-4(2)8(5,6)7-3/h1-2H3. The van der Waals surface area contributed by atoms with Crippen LogP contribution in [-0.4, -0.2) is 26.8 Å². The van der Waals surface area contributed by atoms with E-state index in [0.29, 0.717) is 0 Å². The van der Waals surface area contributed by atoms with Crippen LogP contribution in [0.5, 0.6) is 0 Å². The summed E-state index contributed by atoms with van der Waals surface area (Å²) >= 11 is 1.32. The molecule has 0 aromatic rings. The molecule has 0 aliphatic carbocycles. The minimum atomic E-state index is -3.42. The first kappa shape index (κ1) is 8.60. The van der Waals surface area contributed by atoms with Crippen LogP contribution in [0.25, 0.3) is 0 Å². The zero-order valence-electron chi connectivity index (χ0n) is 4.46. The van der Waals surface area contributed by atoms with Gasteiger partial charge in [-0.1, -0.05) is 0 Å². The van der Waals surface area contributed by atoms with Crippen LogP contribution < -0.4 is 0 Å². The molecule has 0 aliphatic rings. The number of halogens is 1. The second-order valence-electron chi connectivity index (χ2n) is 1.30. The van der Waals surface area contributed by atoms with E-state index in [1.54, 1.807) is 0 Å². The zero-order chi connectivity index (χ0) is 6.78. The van der Waals surface area contributed by atoms with Gasteiger partial charge in [0.15, 0.2) is 0 Å². The Morgan fingerprint density at radius 2 is 1.88 bits per heavy atom. The lowest BCUT2D eigenvalue weighted by Crippen LogP contribution is -2.21. The molecule has 0 fully saturated rings. The lowest BCUT2D eigenvalue weighted by Gasteiger charge is -2.04. The molecule has 0 saturated carbocycles. The van der Waals surface area contributed by atoms with Gasteiger partial charge in [0.2, 0.25) is 0 Å². The molecule has 0 radical (unpaired) electrons. The van der Waals surface area contributed by atoms with E-state index in [0.717, 1.165) is 4.31 Å². The fraction of sp³-hybridized carbons (Fsp3) is 1.00. The average molecular weight is 251 g/mol. The molecule has 0 bridgehead atoms. The first-order valence-corrected chi connectivity index (χ1v) is 3.98. The maximum Gasteiger partial charge on any atom is 0.347 e. The van der Waals surface area contributed by atoms with E-state index >= 15 is 0 Å². The van der Waals surface area contributed by atoms with Crippen molar-refractivity contribution in [3.8, 4) is 0 Å². The molecule has 0 unspecified atom stereocenters. The van der Waals surface area contributed by atoms with E-state index in [4.69, 9.17) is 0 Å². The highest BCUT2D eigenvalue weighted by Crippen LogP contribution is 2.00. The van der Waals surface area contributed by atoms with Gasteiger partial charge in [0.1, 0.15) is 23.0 Å². The Morgan fingerprint density at radius 3 is 1.88 bits per heavy atom. The van der Waals surface area contributed by atoms with Crippen molar-refractivity contribution in [2.24, 2.45) is 0 Å². The van der Waals surface area contributed by atoms with Crippen molar-refractivity contribution in [1.82, 2.24) is 4.31 Å². The van der Waals surface area contributed by atoms with Crippen LogP contribution in [0.4, 0.5) is 0 Å². The number of hydrogen-bond donors (Lipinski definition) is 0. The van der Waals surface area contributed by atoms with Crippen molar-refractivity contribution >= 4 is 33.3 Å².